The molecule has 0 saturated carbocycles. The number of aliphatic hydroxyl groups is 1. The number of halogens is 3. The van der Waals surface area contributed by atoms with Crippen LogP contribution in [0.5, 0.6) is 0 Å². The summed E-state index contributed by atoms with van der Waals surface area (Å²) in [5.41, 5.74) is 4.52. The molecule has 0 amide bonds. The van der Waals surface area contributed by atoms with Gasteiger partial charge >= 0.3 is 6.18 Å². The van der Waals surface area contributed by atoms with Gasteiger partial charge in [-0.1, -0.05) is 0 Å². The fourth-order valence-electron chi connectivity index (χ4n) is 0.273. The SMILES string of the molecule is CC(O)C(N)C(F)(F)F. The third kappa shape index (κ3) is 2.67. The van der Waals surface area contributed by atoms with E-state index in [1.54, 1.807) is 0 Å². The maximum atomic E-state index is 11.4. The van der Waals surface area contributed by atoms with Gasteiger partial charge in [-0.25, -0.2) is 0 Å². The molecule has 9 heavy (non-hydrogen) atoms. The van der Waals surface area contributed by atoms with E-state index in [4.69, 9.17) is 5.11 Å². The first-order valence-corrected chi connectivity index (χ1v) is 2.36. The van der Waals surface area contributed by atoms with Gasteiger partial charge in [0.05, 0.1) is 6.10 Å². The fraction of sp³-hybridized carbons (Fsp3) is 1.00. The number of hydrogen-bond acceptors (Lipinski definition) is 2. The van der Waals surface area contributed by atoms with Crippen molar-refractivity contribution in [3.8, 4) is 0 Å². The van der Waals surface area contributed by atoms with E-state index in [0.717, 1.165) is 6.92 Å². The molecular formula is C4H8F3NO. The summed E-state index contributed by atoms with van der Waals surface area (Å²) < 4.78 is 34.2. The molecule has 0 saturated heterocycles. The normalized spacial score (nSPS) is 19.3. The van der Waals surface area contributed by atoms with Crippen molar-refractivity contribution >= 4 is 0 Å². The molecule has 56 valence electrons. The largest absolute Gasteiger partial charge is 0.406 e. The Morgan fingerprint density at radius 2 is 1.78 bits per heavy atom. The van der Waals surface area contributed by atoms with Crippen LogP contribution >= 0.6 is 0 Å². The number of nitrogens with two attached hydrogens (primary N) is 1. The molecule has 0 heterocycles. The van der Waals surface area contributed by atoms with Crippen LogP contribution in [-0.4, -0.2) is 23.4 Å². The van der Waals surface area contributed by atoms with Crippen LogP contribution in [0.25, 0.3) is 0 Å². The molecule has 0 aliphatic carbocycles. The fourth-order valence-corrected chi connectivity index (χ4v) is 0.273. The second-order valence-corrected chi connectivity index (χ2v) is 1.81. The first-order chi connectivity index (χ1) is 3.85. The maximum absolute atomic E-state index is 11.4. The monoisotopic (exact) mass is 143 g/mol. The summed E-state index contributed by atoms with van der Waals surface area (Å²) in [7, 11) is 0. The Morgan fingerprint density at radius 1 is 1.44 bits per heavy atom. The van der Waals surface area contributed by atoms with Gasteiger partial charge in [-0.3, -0.25) is 0 Å². The van der Waals surface area contributed by atoms with E-state index in [1.165, 1.54) is 0 Å². The molecule has 0 aliphatic rings. The molecule has 0 aromatic carbocycles. The average molecular weight is 143 g/mol. The molecule has 0 fully saturated rings. The molecule has 0 rings (SSSR count). The predicted octanol–water partition coefficient (Wildman–Crippen LogP) is 0.257. The zero-order chi connectivity index (χ0) is 7.65. The van der Waals surface area contributed by atoms with E-state index >= 15 is 0 Å². The van der Waals surface area contributed by atoms with Crippen LogP contribution in [0.1, 0.15) is 6.92 Å². The topological polar surface area (TPSA) is 46.2 Å². The molecule has 2 nitrogen and oxygen atoms in total. The Bertz CT molecular complexity index is 90.3. The van der Waals surface area contributed by atoms with Crippen molar-refractivity contribution in [3.63, 3.8) is 0 Å². The van der Waals surface area contributed by atoms with E-state index in [9.17, 15) is 13.2 Å². The molecule has 0 aliphatic heterocycles. The van der Waals surface area contributed by atoms with Gasteiger partial charge < -0.3 is 10.8 Å². The molecule has 3 N–H and O–H groups in total. The number of aliphatic hydroxyl groups excluding tert-OH is 1. The van der Waals surface area contributed by atoms with Crippen molar-refractivity contribution in [2.45, 2.75) is 25.2 Å². The van der Waals surface area contributed by atoms with E-state index in [2.05, 4.69) is 5.73 Å². The summed E-state index contributed by atoms with van der Waals surface area (Å²) in [5.74, 6) is 0. The van der Waals surface area contributed by atoms with Gasteiger partial charge in [0.15, 0.2) is 0 Å². The van der Waals surface area contributed by atoms with Crippen LogP contribution in [0.4, 0.5) is 13.2 Å². The third-order valence-electron chi connectivity index (χ3n) is 0.898. The van der Waals surface area contributed by atoms with Gasteiger partial charge in [0.1, 0.15) is 6.04 Å². The van der Waals surface area contributed by atoms with Crippen molar-refractivity contribution in [1.29, 1.82) is 0 Å². The summed E-state index contributed by atoms with van der Waals surface area (Å²) in [6.07, 6.45) is -6.03. The lowest BCUT2D eigenvalue weighted by molar-refractivity contribution is -0.166. The van der Waals surface area contributed by atoms with E-state index < -0.39 is 18.3 Å². The van der Waals surface area contributed by atoms with Crippen LogP contribution in [0, 0.1) is 0 Å². The summed E-state index contributed by atoms with van der Waals surface area (Å²) in [5, 5.41) is 8.31. The molecule has 2 unspecified atom stereocenters. The number of rotatable bonds is 1. The quantitative estimate of drug-likeness (QED) is 0.553. The van der Waals surface area contributed by atoms with Crippen LogP contribution in [-0.2, 0) is 0 Å². The van der Waals surface area contributed by atoms with E-state index in [-0.39, 0.29) is 0 Å². The van der Waals surface area contributed by atoms with Crippen LogP contribution in [0.2, 0.25) is 0 Å². The zero-order valence-electron chi connectivity index (χ0n) is 4.81. The minimum absolute atomic E-state index is 0.998. The lowest BCUT2D eigenvalue weighted by Crippen LogP contribution is -2.45. The van der Waals surface area contributed by atoms with Crippen molar-refractivity contribution in [3.05, 3.63) is 0 Å². The Labute approximate surface area is 50.5 Å². The molecule has 0 aromatic rings. The summed E-state index contributed by atoms with van der Waals surface area (Å²) >= 11 is 0. The van der Waals surface area contributed by atoms with Gasteiger partial charge in [0.2, 0.25) is 0 Å². The highest BCUT2D eigenvalue weighted by molar-refractivity contribution is 4.75. The number of hydrogen-bond donors (Lipinski definition) is 2. The predicted molar refractivity (Wildman–Crippen MR) is 25.7 cm³/mol. The second-order valence-electron chi connectivity index (χ2n) is 1.81. The molecule has 0 aromatic heterocycles. The maximum Gasteiger partial charge on any atom is 0.406 e. The van der Waals surface area contributed by atoms with E-state index in [0.29, 0.717) is 0 Å². The third-order valence-corrected chi connectivity index (χ3v) is 0.898. The lowest BCUT2D eigenvalue weighted by atomic mass is 10.2. The van der Waals surface area contributed by atoms with Crippen LogP contribution in [0.15, 0.2) is 0 Å². The lowest BCUT2D eigenvalue weighted by Gasteiger charge is -2.17. The Kier molecular flexibility index (Phi) is 2.45. The van der Waals surface area contributed by atoms with Crippen molar-refractivity contribution < 1.29 is 18.3 Å². The summed E-state index contributed by atoms with van der Waals surface area (Å²) in [6, 6.07) is -2.13. The van der Waals surface area contributed by atoms with Crippen molar-refractivity contribution in [2.75, 3.05) is 0 Å². The molecule has 0 radical (unpaired) electrons. The smallest absolute Gasteiger partial charge is 0.391 e. The average Bonchev–Trinajstić information content (AvgIpc) is 1.62. The van der Waals surface area contributed by atoms with Gasteiger partial charge in [-0.2, -0.15) is 13.2 Å². The van der Waals surface area contributed by atoms with Crippen molar-refractivity contribution in [1.82, 2.24) is 0 Å². The molecule has 2 atom stereocenters. The van der Waals surface area contributed by atoms with Gasteiger partial charge in [-0.15, -0.1) is 0 Å². The van der Waals surface area contributed by atoms with Gasteiger partial charge in [-0.05, 0) is 6.92 Å². The minimum atomic E-state index is -4.49. The van der Waals surface area contributed by atoms with Crippen LogP contribution < -0.4 is 5.73 Å². The van der Waals surface area contributed by atoms with Crippen molar-refractivity contribution in [2.24, 2.45) is 5.73 Å². The summed E-state index contributed by atoms with van der Waals surface area (Å²) in [6.45, 7) is 0.998. The Morgan fingerprint density at radius 3 is 1.78 bits per heavy atom. The first kappa shape index (κ1) is 8.71. The Balaban J connectivity index is 3.88. The highest BCUT2D eigenvalue weighted by Gasteiger charge is 2.39. The van der Waals surface area contributed by atoms with Gasteiger partial charge in [0.25, 0.3) is 0 Å². The highest BCUT2D eigenvalue weighted by Crippen LogP contribution is 2.20. The highest BCUT2D eigenvalue weighted by atomic mass is 19.4. The summed E-state index contributed by atoms with van der Waals surface area (Å²) in [4.78, 5) is 0. The molecule has 0 spiro atoms. The zero-order valence-corrected chi connectivity index (χ0v) is 4.81. The standard InChI is InChI=1S/C4H8F3NO/c1-2(9)3(8)4(5,6)7/h2-3,9H,8H2,1H3. The molecular weight excluding hydrogens is 135 g/mol. The molecule has 0 bridgehead atoms. The van der Waals surface area contributed by atoms with Gasteiger partial charge in [0, 0.05) is 0 Å². The second kappa shape index (κ2) is 2.53. The first-order valence-electron chi connectivity index (χ1n) is 2.36. The number of alkyl halides is 3. The molecule has 5 heteroatoms. The van der Waals surface area contributed by atoms with E-state index in [1.807, 2.05) is 0 Å². The Hall–Kier alpha value is -0.290. The minimum Gasteiger partial charge on any atom is -0.391 e. The van der Waals surface area contributed by atoms with Crippen LogP contribution in [0.3, 0.4) is 0 Å².